The van der Waals surface area contributed by atoms with Gasteiger partial charge in [0.05, 0.1) is 0 Å². The SMILES string of the molecule is CC(=O)c1ccc(CC(CO[N+](=O)[O-])O[N+](=O)[O-])cc1. The van der Waals surface area contributed by atoms with Crippen LogP contribution in [-0.4, -0.2) is 28.7 Å². The maximum Gasteiger partial charge on any atom is 0.294 e. The molecule has 9 nitrogen and oxygen atoms in total. The van der Waals surface area contributed by atoms with Crippen molar-refractivity contribution < 1.29 is 24.6 Å². The fourth-order valence-corrected chi connectivity index (χ4v) is 1.53. The monoisotopic (exact) mass is 284 g/mol. The molecule has 0 saturated heterocycles. The van der Waals surface area contributed by atoms with Gasteiger partial charge in [-0.15, -0.1) is 20.2 Å². The summed E-state index contributed by atoms with van der Waals surface area (Å²) in [5.41, 5.74) is 1.14. The summed E-state index contributed by atoms with van der Waals surface area (Å²) in [4.78, 5) is 39.9. The molecule has 1 aromatic carbocycles. The van der Waals surface area contributed by atoms with Crippen molar-refractivity contribution in [2.24, 2.45) is 0 Å². The van der Waals surface area contributed by atoms with Crippen LogP contribution in [0, 0.1) is 20.2 Å². The zero-order valence-electron chi connectivity index (χ0n) is 10.6. The minimum absolute atomic E-state index is 0.0486. The van der Waals surface area contributed by atoms with Crippen LogP contribution in [0.5, 0.6) is 0 Å². The van der Waals surface area contributed by atoms with Crippen LogP contribution in [-0.2, 0) is 16.1 Å². The van der Waals surface area contributed by atoms with Gasteiger partial charge in [-0.2, -0.15) is 0 Å². The van der Waals surface area contributed by atoms with Crippen LogP contribution in [0.3, 0.4) is 0 Å². The van der Waals surface area contributed by atoms with Crippen LogP contribution in [0.4, 0.5) is 0 Å². The third-order valence-electron chi connectivity index (χ3n) is 2.42. The van der Waals surface area contributed by atoms with E-state index in [1.165, 1.54) is 6.92 Å². The Morgan fingerprint density at radius 1 is 1.20 bits per heavy atom. The summed E-state index contributed by atoms with van der Waals surface area (Å²) in [5, 5.41) is 18.3. The lowest BCUT2D eigenvalue weighted by Gasteiger charge is -2.13. The van der Waals surface area contributed by atoms with Crippen molar-refractivity contribution in [2.45, 2.75) is 19.4 Å². The Morgan fingerprint density at radius 3 is 2.25 bits per heavy atom. The maximum absolute atomic E-state index is 11.1. The van der Waals surface area contributed by atoms with Gasteiger partial charge in [0.2, 0.25) is 0 Å². The second kappa shape index (κ2) is 7.02. The van der Waals surface area contributed by atoms with Crippen LogP contribution < -0.4 is 0 Å². The molecule has 20 heavy (non-hydrogen) atoms. The van der Waals surface area contributed by atoms with E-state index in [0.717, 1.165) is 0 Å². The molecule has 0 aromatic heterocycles. The number of ketones is 1. The van der Waals surface area contributed by atoms with Gasteiger partial charge in [-0.1, -0.05) is 24.3 Å². The molecule has 0 N–H and O–H groups in total. The minimum Gasteiger partial charge on any atom is -0.312 e. The Morgan fingerprint density at radius 2 is 1.80 bits per heavy atom. The maximum atomic E-state index is 11.1. The van der Waals surface area contributed by atoms with Crippen molar-refractivity contribution in [1.82, 2.24) is 0 Å². The molecule has 0 amide bonds. The molecule has 1 atom stereocenters. The van der Waals surface area contributed by atoms with E-state index < -0.39 is 22.9 Å². The van der Waals surface area contributed by atoms with Gasteiger partial charge in [0.1, 0.15) is 12.7 Å². The molecule has 0 bridgehead atoms. The van der Waals surface area contributed by atoms with Crippen LogP contribution in [0.2, 0.25) is 0 Å². The quantitative estimate of drug-likeness (QED) is 0.399. The largest absolute Gasteiger partial charge is 0.312 e. The Labute approximate surface area is 113 Å². The molecule has 1 rings (SSSR count). The molecule has 9 heteroatoms. The van der Waals surface area contributed by atoms with E-state index in [9.17, 15) is 25.0 Å². The van der Waals surface area contributed by atoms with E-state index in [1.54, 1.807) is 24.3 Å². The molecule has 0 radical (unpaired) electrons. The highest BCUT2D eigenvalue weighted by Gasteiger charge is 2.16. The van der Waals surface area contributed by atoms with E-state index in [1.807, 2.05) is 0 Å². The van der Waals surface area contributed by atoms with Gasteiger partial charge in [0, 0.05) is 12.0 Å². The van der Waals surface area contributed by atoms with Crippen molar-refractivity contribution >= 4 is 5.78 Å². The lowest BCUT2D eigenvalue weighted by molar-refractivity contribution is -0.789. The summed E-state index contributed by atoms with van der Waals surface area (Å²) < 4.78 is 0. The van der Waals surface area contributed by atoms with Gasteiger partial charge in [0.25, 0.3) is 10.2 Å². The lowest BCUT2D eigenvalue weighted by Crippen LogP contribution is -2.26. The molecule has 0 aliphatic rings. The number of nitrogens with zero attached hydrogens (tertiary/aromatic N) is 2. The summed E-state index contributed by atoms with van der Waals surface area (Å²) >= 11 is 0. The van der Waals surface area contributed by atoms with E-state index in [-0.39, 0.29) is 12.2 Å². The van der Waals surface area contributed by atoms with E-state index >= 15 is 0 Å². The zero-order valence-corrected chi connectivity index (χ0v) is 10.6. The molecule has 1 unspecified atom stereocenters. The normalized spacial score (nSPS) is 11.4. The number of carbonyl (C=O) groups excluding carboxylic acids is 1. The van der Waals surface area contributed by atoms with Crippen LogP contribution in [0.25, 0.3) is 0 Å². The van der Waals surface area contributed by atoms with Crippen molar-refractivity contribution in [3.05, 3.63) is 55.6 Å². The summed E-state index contributed by atoms with van der Waals surface area (Å²) in [5.74, 6) is -0.105. The second-order valence-corrected chi connectivity index (χ2v) is 3.93. The molecule has 108 valence electrons. The fraction of sp³-hybridized carbons (Fsp3) is 0.364. The number of carbonyl (C=O) groups is 1. The van der Waals surface area contributed by atoms with Gasteiger partial charge in [-0.25, -0.2) is 0 Å². The number of rotatable bonds is 8. The highest BCUT2D eigenvalue weighted by molar-refractivity contribution is 5.93. The standard InChI is InChI=1S/C11H12N2O7/c1-8(14)10-4-2-9(3-5-10)6-11(20-13(17)18)7-19-12(15)16/h2-5,11H,6-7H2,1H3. The first-order chi connectivity index (χ1) is 9.38. The summed E-state index contributed by atoms with van der Waals surface area (Å²) in [6.07, 6.45) is -1.05. The van der Waals surface area contributed by atoms with E-state index in [0.29, 0.717) is 11.1 Å². The molecule has 0 fully saturated rings. The zero-order chi connectivity index (χ0) is 15.1. The smallest absolute Gasteiger partial charge is 0.294 e. The first-order valence-corrected chi connectivity index (χ1v) is 5.57. The third kappa shape index (κ3) is 5.29. The van der Waals surface area contributed by atoms with Crippen molar-refractivity contribution in [2.75, 3.05) is 6.61 Å². The fourth-order valence-electron chi connectivity index (χ4n) is 1.53. The Hall–Kier alpha value is -2.71. The average molecular weight is 284 g/mol. The molecule has 0 aliphatic heterocycles. The lowest BCUT2D eigenvalue weighted by atomic mass is 10.0. The highest BCUT2D eigenvalue weighted by Crippen LogP contribution is 2.10. The first kappa shape index (κ1) is 15.3. The highest BCUT2D eigenvalue weighted by atomic mass is 17.0. The number of benzene rings is 1. The molecular weight excluding hydrogens is 272 g/mol. The summed E-state index contributed by atoms with van der Waals surface area (Å²) in [7, 11) is 0. The topological polar surface area (TPSA) is 122 Å². The Bertz CT molecular complexity index is 500. The van der Waals surface area contributed by atoms with E-state index in [2.05, 4.69) is 9.68 Å². The predicted octanol–water partition coefficient (Wildman–Crippen LogP) is 1.22. The van der Waals surface area contributed by atoms with Crippen LogP contribution in [0.15, 0.2) is 24.3 Å². The van der Waals surface area contributed by atoms with Gasteiger partial charge in [0.15, 0.2) is 5.78 Å². The first-order valence-electron chi connectivity index (χ1n) is 5.57. The number of hydrogen-bond acceptors (Lipinski definition) is 7. The molecule has 1 aromatic rings. The molecule has 0 saturated carbocycles. The predicted molar refractivity (Wildman–Crippen MR) is 65.0 cm³/mol. The van der Waals surface area contributed by atoms with Gasteiger partial charge >= 0.3 is 0 Å². The van der Waals surface area contributed by atoms with Crippen LogP contribution >= 0.6 is 0 Å². The van der Waals surface area contributed by atoms with Gasteiger partial charge in [-0.05, 0) is 12.5 Å². The van der Waals surface area contributed by atoms with Crippen molar-refractivity contribution in [1.29, 1.82) is 0 Å². The minimum atomic E-state index is -1.10. The summed E-state index contributed by atoms with van der Waals surface area (Å²) in [6.45, 7) is 0.862. The van der Waals surface area contributed by atoms with Crippen molar-refractivity contribution in [3.8, 4) is 0 Å². The Kier molecular flexibility index (Phi) is 5.39. The second-order valence-electron chi connectivity index (χ2n) is 3.93. The number of hydrogen-bond donors (Lipinski definition) is 0. The van der Waals surface area contributed by atoms with Gasteiger partial charge < -0.3 is 9.68 Å². The van der Waals surface area contributed by atoms with E-state index in [4.69, 9.17) is 0 Å². The average Bonchev–Trinajstić information content (AvgIpc) is 2.36. The Balaban J connectivity index is 2.69. The van der Waals surface area contributed by atoms with Crippen molar-refractivity contribution in [3.63, 3.8) is 0 Å². The van der Waals surface area contributed by atoms with Crippen LogP contribution in [0.1, 0.15) is 22.8 Å². The van der Waals surface area contributed by atoms with Gasteiger partial charge in [-0.3, -0.25) is 4.79 Å². The molecule has 0 heterocycles. The molecular formula is C11H12N2O7. The third-order valence-corrected chi connectivity index (χ3v) is 2.42. The summed E-state index contributed by atoms with van der Waals surface area (Å²) in [6, 6.07) is 6.32. The molecule has 0 spiro atoms. The molecule has 0 aliphatic carbocycles. The number of Topliss-reactive ketones (excluding diaryl/α,β-unsaturated/α-hetero) is 1.